The van der Waals surface area contributed by atoms with E-state index in [1.54, 1.807) is 19.2 Å². The number of carbonyl (C=O) groups excluding carboxylic acids is 1. The SMILES string of the molecule is Cn1c(-c2c(F)cccc2F)nnc1-c1c(Cl)ccc2c1C(=O)CCO2. The van der Waals surface area contributed by atoms with Crippen molar-refractivity contribution in [1.29, 1.82) is 0 Å². The van der Waals surface area contributed by atoms with Crippen LogP contribution in [0.5, 0.6) is 5.75 Å². The molecule has 8 heteroatoms. The van der Waals surface area contributed by atoms with Crippen molar-refractivity contribution in [2.45, 2.75) is 6.42 Å². The third-order valence-corrected chi connectivity index (χ3v) is 4.58. The summed E-state index contributed by atoms with van der Waals surface area (Å²) in [6, 6.07) is 6.76. The first-order valence-corrected chi connectivity index (χ1v) is 8.19. The molecule has 4 rings (SSSR count). The molecule has 26 heavy (non-hydrogen) atoms. The first-order chi connectivity index (χ1) is 12.5. The average Bonchev–Trinajstić information content (AvgIpc) is 2.97. The zero-order chi connectivity index (χ0) is 18.4. The number of Topliss-reactive ketones (excluding diaryl/α,β-unsaturated/α-hetero) is 1. The molecule has 1 aromatic heterocycles. The molecular formula is C18H12ClF2N3O2. The molecule has 2 heterocycles. The van der Waals surface area contributed by atoms with Gasteiger partial charge in [0, 0.05) is 13.5 Å². The van der Waals surface area contributed by atoms with E-state index in [4.69, 9.17) is 16.3 Å². The van der Waals surface area contributed by atoms with Gasteiger partial charge < -0.3 is 9.30 Å². The fraction of sp³-hybridized carbons (Fsp3) is 0.167. The first kappa shape index (κ1) is 16.7. The molecule has 2 aromatic carbocycles. The quantitative estimate of drug-likeness (QED) is 0.678. The van der Waals surface area contributed by atoms with Crippen molar-refractivity contribution in [3.05, 3.63) is 52.6 Å². The number of benzene rings is 2. The van der Waals surface area contributed by atoms with E-state index in [0.717, 1.165) is 12.1 Å². The lowest BCUT2D eigenvalue weighted by Crippen LogP contribution is -2.17. The summed E-state index contributed by atoms with van der Waals surface area (Å²) in [5, 5.41) is 8.23. The second kappa shape index (κ2) is 6.17. The van der Waals surface area contributed by atoms with Gasteiger partial charge in [-0.2, -0.15) is 0 Å². The Morgan fingerprint density at radius 3 is 2.38 bits per heavy atom. The number of nitrogens with zero attached hydrogens (tertiary/aromatic N) is 3. The molecule has 0 radical (unpaired) electrons. The number of aromatic nitrogens is 3. The van der Waals surface area contributed by atoms with Crippen LogP contribution < -0.4 is 4.74 Å². The number of halogens is 3. The zero-order valence-corrected chi connectivity index (χ0v) is 14.3. The van der Waals surface area contributed by atoms with E-state index in [0.29, 0.717) is 16.9 Å². The van der Waals surface area contributed by atoms with E-state index in [9.17, 15) is 13.6 Å². The third-order valence-electron chi connectivity index (χ3n) is 4.27. The predicted octanol–water partition coefficient (Wildman–Crippen LogP) is 4.05. The van der Waals surface area contributed by atoms with Gasteiger partial charge in [-0.3, -0.25) is 4.79 Å². The summed E-state index contributed by atoms with van der Waals surface area (Å²) in [6.07, 6.45) is 0.215. The molecule has 0 saturated heterocycles. The van der Waals surface area contributed by atoms with Crippen molar-refractivity contribution in [3.63, 3.8) is 0 Å². The second-order valence-corrected chi connectivity index (χ2v) is 6.23. The monoisotopic (exact) mass is 375 g/mol. The lowest BCUT2D eigenvalue weighted by Gasteiger charge is -2.19. The Morgan fingerprint density at radius 1 is 1.04 bits per heavy atom. The summed E-state index contributed by atoms with van der Waals surface area (Å²) in [7, 11) is 1.56. The number of hydrogen-bond donors (Lipinski definition) is 0. The lowest BCUT2D eigenvalue weighted by atomic mass is 9.98. The highest BCUT2D eigenvalue weighted by Crippen LogP contribution is 2.39. The summed E-state index contributed by atoms with van der Waals surface area (Å²) >= 11 is 6.31. The molecule has 0 bridgehead atoms. The van der Waals surface area contributed by atoms with Crippen molar-refractivity contribution in [2.75, 3.05) is 6.61 Å². The highest BCUT2D eigenvalue weighted by atomic mass is 35.5. The average molecular weight is 376 g/mol. The van der Waals surface area contributed by atoms with Crippen molar-refractivity contribution >= 4 is 17.4 Å². The molecule has 1 aliphatic heterocycles. The van der Waals surface area contributed by atoms with Crippen molar-refractivity contribution in [2.24, 2.45) is 7.05 Å². The number of hydrogen-bond acceptors (Lipinski definition) is 4. The summed E-state index contributed by atoms with van der Waals surface area (Å²) in [5.74, 6) is -1.02. The molecule has 0 saturated carbocycles. The van der Waals surface area contributed by atoms with E-state index in [1.807, 2.05) is 0 Å². The summed E-state index contributed by atoms with van der Waals surface area (Å²) in [5.41, 5.74) is 0.351. The molecule has 0 atom stereocenters. The van der Waals surface area contributed by atoms with E-state index in [2.05, 4.69) is 10.2 Å². The van der Waals surface area contributed by atoms with Crippen LogP contribution in [-0.2, 0) is 7.05 Å². The molecular weight excluding hydrogens is 364 g/mol. The number of fused-ring (bicyclic) bond motifs is 1. The topological polar surface area (TPSA) is 57.0 Å². The van der Waals surface area contributed by atoms with Crippen LogP contribution in [0.2, 0.25) is 5.02 Å². The maximum atomic E-state index is 14.1. The number of ether oxygens (including phenoxy) is 1. The van der Waals surface area contributed by atoms with Gasteiger partial charge in [-0.25, -0.2) is 8.78 Å². The highest BCUT2D eigenvalue weighted by Gasteiger charge is 2.28. The Balaban J connectivity index is 1.95. The van der Waals surface area contributed by atoms with Crippen molar-refractivity contribution in [1.82, 2.24) is 14.8 Å². The minimum atomic E-state index is -0.757. The van der Waals surface area contributed by atoms with Crippen LogP contribution in [0.1, 0.15) is 16.8 Å². The molecule has 0 aliphatic carbocycles. The van der Waals surface area contributed by atoms with Crippen LogP contribution in [0.4, 0.5) is 8.78 Å². The molecule has 0 fully saturated rings. The van der Waals surface area contributed by atoms with E-state index >= 15 is 0 Å². The van der Waals surface area contributed by atoms with Crippen LogP contribution in [0.15, 0.2) is 30.3 Å². The highest BCUT2D eigenvalue weighted by molar-refractivity contribution is 6.34. The van der Waals surface area contributed by atoms with Gasteiger partial charge in [0.2, 0.25) is 0 Å². The van der Waals surface area contributed by atoms with Gasteiger partial charge in [0.1, 0.15) is 17.4 Å². The number of rotatable bonds is 2. The van der Waals surface area contributed by atoms with Gasteiger partial charge >= 0.3 is 0 Å². The van der Waals surface area contributed by atoms with Gasteiger partial charge in [-0.05, 0) is 24.3 Å². The maximum Gasteiger partial charge on any atom is 0.170 e. The lowest BCUT2D eigenvalue weighted by molar-refractivity contribution is 0.0934. The largest absolute Gasteiger partial charge is 0.492 e. The third kappa shape index (κ3) is 2.47. The Hall–Kier alpha value is -2.80. The fourth-order valence-electron chi connectivity index (χ4n) is 3.03. The Kier molecular flexibility index (Phi) is 3.96. The van der Waals surface area contributed by atoms with Crippen LogP contribution in [-0.4, -0.2) is 27.2 Å². The number of ketones is 1. The second-order valence-electron chi connectivity index (χ2n) is 5.82. The Bertz CT molecular complexity index is 1030. The summed E-state index contributed by atoms with van der Waals surface area (Å²) in [6.45, 7) is 0.289. The van der Waals surface area contributed by atoms with E-state index < -0.39 is 11.6 Å². The van der Waals surface area contributed by atoms with Crippen LogP contribution in [0.25, 0.3) is 22.8 Å². The van der Waals surface area contributed by atoms with Gasteiger partial charge in [-0.15, -0.1) is 10.2 Å². The minimum absolute atomic E-state index is 0.00607. The normalized spacial score (nSPS) is 13.5. The maximum absolute atomic E-state index is 14.1. The molecule has 0 unspecified atom stereocenters. The van der Waals surface area contributed by atoms with Crippen molar-refractivity contribution in [3.8, 4) is 28.5 Å². The van der Waals surface area contributed by atoms with Crippen molar-refractivity contribution < 1.29 is 18.3 Å². The molecule has 1 aliphatic rings. The van der Waals surface area contributed by atoms with Crippen LogP contribution in [0.3, 0.4) is 0 Å². The van der Waals surface area contributed by atoms with Gasteiger partial charge in [0.05, 0.1) is 28.3 Å². The number of carbonyl (C=O) groups is 1. The molecule has 0 amide bonds. The molecule has 5 nitrogen and oxygen atoms in total. The van der Waals surface area contributed by atoms with Crippen LogP contribution >= 0.6 is 11.6 Å². The van der Waals surface area contributed by atoms with Gasteiger partial charge in [0.25, 0.3) is 0 Å². The standard InChI is InChI=1S/C18H12ClF2N3O2/c1-24-17(22-23-18(24)15-10(20)3-2-4-11(15)21)14-9(19)5-6-13-16(14)12(25)7-8-26-13/h2-6H,7-8H2,1H3. The van der Waals surface area contributed by atoms with Gasteiger partial charge in [-0.1, -0.05) is 17.7 Å². The smallest absolute Gasteiger partial charge is 0.170 e. The first-order valence-electron chi connectivity index (χ1n) is 7.81. The van der Waals surface area contributed by atoms with Crippen LogP contribution in [0, 0.1) is 11.6 Å². The van der Waals surface area contributed by atoms with Gasteiger partial charge in [0.15, 0.2) is 17.4 Å². The Labute approximate surface area is 152 Å². The zero-order valence-electron chi connectivity index (χ0n) is 13.6. The molecule has 132 valence electrons. The summed E-state index contributed by atoms with van der Waals surface area (Å²) in [4.78, 5) is 12.4. The summed E-state index contributed by atoms with van der Waals surface area (Å²) < 4.78 is 35.2. The molecule has 3 aromatic rings. The van der Waals surface area contributed by atoms with E-state index in [1.165, 1.54) is 10.6 Å². The predicted molar refractivity (Wildman–Crippen MR) is 91.2 cm³/mol. The molecule has 0 N–H and O–H groups in total. The molecule has 0 spiro atoms. The van der Waals surface area contributed by atoms with E-state index in [-0.39, 0.29) is 41.0 Å². The minimum Gasteiger partial charge on any atom is -0.492 e. The Morgan fingerprint density at radius 2 is 1.69 bits per heavy atom. The fourth-order valence-corrected chi connectivity index (χ4v) is 3.27.